The Kier molecular flexibility index (Phi) is 3.44. The fraction of sp³-hybridized carbons (Fsp3) is 0.231. The van der Waals surface area contributed by atoms with Crippen LogP contribution >= 0.6 is 0 Å². The molecular weight excluding hydrogens is 266 g/mol. The molecule has 0 spiro atoms. The molecule has 2 aromatic rings. The van der Waals surface area contributed by atoms with Crippen LogP contribution in [-0.2, 0) is 0 Å². The quantitative estimate of drug-likeness (QED) is 0.383. The first-order valence-electron chi connectivity index (χ1n) is 5.87. The van der Waals surface area contributed by atoms with E-state index in [0.29, 0.717) is 11.4 Å². The van der Waals surface area contributed by atoms with Crippen LogP contribution in [0.3, 0.4) is 0 Å². The molecule has 0 atom stereocenters. The second kappa shape index (κ2) is 4.92. The molecule has 106 valence electrons. The van der Waals surface area contributed by atoms with Crippen LogP contribution < -0.4 is 5.73 Å². The van der Waals surface area contributed by atoms with E-state index in [9.17, 15) is 8.78 Å². The van der Waals surface area contributed by atoms with Gasteiger partial charge in [0.1, 0.15) is 5.69 Å². The van der Waals surface area contributed by atoms with E-state index in [1.807, 2.05) is 6.92 Å². The monoisotopic (exact) mass is 280 g/mol. The Morgan fingerprint density at radius 3 is 2.20 bits per heavy atom. The van der Waals surface area contributed by atoms with Crippen molar-refractivity contribution in [1.82, 2.24) is 9.78 Å². The average molecular weight is 280 g/mol. The fourth-order valence-corrected chi connectivity index (χ4v) is 1.91. The van der Waals surface area contributed by atoms with Gasteiger partial charge in [0, 0.05) is 11.3 Å². The number of halogens is 2. The van der Waals surface area contributed by atoms with Gasteiger partial charge in [0.05, 0.1) is 5.69 Å². The van der Waals surface area contributed by atoms with E-state index in [1.165, 1.54) is 4.68 Å². The van der Waals surface area contributed by atoms with E-state index in [1.54, 1.807) is 13.8 Å². The van der Waals surface area contributed by atoms with Gasteiger partial charge in [-0.05, 0) is 38.5 Å². The summed E-state index contributed by atoms with van der Waals surface area (Å²) < 4.78 is 29.5. The van der Waals surface area contributed by atoms with E-state index < -0.39 is 11.6 Å². The predicted octanol–water partition coefficient (Wildman–Crippen LogP) is 2.17. The first kappa shape index (κ1) is 14.0. The van der Waals surface area contributed by atoms with Gasteiger partial charge in [-0.2, -0.15) is 5.10 Å². The third kappa shape index (κ3) is 2.11. The maximum atomic E-state index is 14.1. The van der Waals surface area contributed by atoms with Crippen molar-refractivity contribution in [3.8, 4) is 5.69 Å². The molecule has 0 fully saturated rings. The number of benzene rings is 1. The first-order valence-corrected chi connectivity index (χ1v) is 5.87. The van der Waals surface area contributed by atoms with Gasteiger partial charge in [-0.1, -0.05) is 5.16 Å². The third-order valence-corrected chi connectivity index (χ3v) is 3.29. The summed E-state index contributed by atoms with van der Waals surface area (Å²) in [5.41, 5.74) is 7.21. The lowest BCUT2D eigenvalue weighted by Crippen LogP contribution is -2.15. The molecule has 0 amide bonds. The number of aryl methyl sites for hydroxylation is 1. The van der Waals surface area contributed by atoms with Crippen molar-refractivity contribution in [1.29, 1.82) is 0 Å². The van der Waals surface area contributed by atoms with Gasteiger partial charge in [0.15, 0.2) is 17.5 Å². The molecule has 20 heavy (non-hydrogen) atoms. The largest absolute Gasteiger partial charge is 0.409 e. The Balaban J connectivity index is 2.67. The van der Waals surface area contributed by atoms with Crippen LogP contribution in [-0.4, -0.2) is 20.8 Å². The molecule has 0 saturated heterocycles. The average Bonchev–Trinajstić information content (AvgIpc) is 2.65. The van der Waals surface area contributed by atoms with Crippen LogP contribution in [0.25, 0.3) is 5.69 Å². The van der Waals surface area contributed by atoms with Crippen molar-refractivity contribution in [2.24, 2.45) is 10.9 Å². The molecule has 2 rings (SSSR count). The topological polar surface area (TPSA) is 76.4 Å². The maximum Gasteiger partial charge on any atom is 0.170 e. The lowest BCUT2D eigenvalue weighted by Gasteiger charge is -2.09. The smallest absolute Gasteiger partial charge is 0.170 e. The van der Waals surface area contributed by atoms with Gasteiger partial charge < -0.3 is 10.9 Å². The lowest BCUT2D eigenvalue weighted by atomic mass is 10.1. The molecule has 0 radical (unpaired) electrons. The molecule has 0 bridgehead atoms. The molecule has 1 aromatic heterocycles. The van der Waals surface area contributed by atoms with Gasteiger partial charge in [0.2, 0.25) is 0 Å². The second-order valence-electron chi connectivity index (χ2n) is 4.48. The third-order valence-electron chi connectivity index (χ3n) is 3.29. The molecule has 1 aromatic carbocycles. The second-order valence-corrected chi connectivity index (χ2v) is 4.48. The van der Waals surface area contributed by atoms with Crippen LogP contribution in [0.4, 0.5) is 8.78 Å². The molecule has 0 aliphatic rings. The Labute approximate surface area is 114 Å². The van der Waals surface area contributed by atoms with E-state index in [0.717, 1.165) is 17.7 Å². The molecule has 0 aliphatic carbocycles. The van der Waals surface area contributed by atoms with Gasteiger partial charge in [-0.3, -0.25) is 0 Å². The van der Waals surface area contributed by atoms with Crippen LogP contribution in [0.15, 0.2) is 17.3 Å². The molecule has 0 saturated carbocycles. The standard InChI is InChI=1S/C13H14F2N4O/c1-6-7(2)17-19(8(6)3)12-10(14)4-9(5-11(12)15)13(16)18-20/h4-5,20H,1-3H3,(H2,16,18). The number of hydrogen-bond donors (Lipinski definition) is 2. The maximum absolute atomic E-state index is 14.1. The Bertz CT molecular complexity index is 684. The van der Waals surface area contributed by atoms with E-state index >= 15 is 0 Å². The molecule has 7 heteroatoms. The molecule has 3 N–H and O–H groups in total. The molecule has 0 aliphatic heterocycles. The summed E-state index contributed by atoms with van der Waals surface area (Å²) in [5.74, 6) is -2.03. The van der Waals surface area contributed by atoms with Crippen molar-refractivity contribution in [2.45, 2.75) is 20.8 Å². The van der Waals surface area contributed by atoms with Crippen LogP contribution in [0.5, 0.6) is 0 Å². The Morgan fingerprint density at radius 2 is 1.80 bits per heavy atom. The summed E-state index contributed by atoms with van der Waals surface area (Å²) in [6.45, 7) is 5.32. The number of hydrogen-bond acceptors (Lipinski definition) is 3. The SMILES string of the molecule is Cc1nn(-c2c(F)cc(C(N)=NO)cc2F)c(C)c1C. The van der Waals surface area contributed by atoms with Crippen molar-refractivity contribution in [3.63, 3.8) is 0 Å². The summed E-state index contributed by atoms with van der Waals surface area (Å²) in [6, 6.07) is 2.00. The summed E-state index contributed by atoms with van der Waals surface area (Å²) >= 11 is 0. The Hall–Kier alpha value is -2.44. The number of oxime groups is 1. The molecule has 0 unspecified atom stereocenters. The lowest BCUT2D eigenvalue weighted by molar-refractivity contribution is 0.318. The minimum atomic E-state index is -0.836. The number of rotatable bonds is 2. The minimum Gasteiger partial charge on any atom is -0.409 e. The minimum absolute atomic E-state index is 0.0375. The van der Waals surface area contributed by atoms with Crippen molar-refractivity contribution in [3.05, 3.63) is 46.3 Å². The molecule has 5 nitrogen and oxygen atoms in total. The highest BCUT2D eigenvalue weighted by Gasteiger charge is 2.19. The van der Waals surface area contributed by atoms with Crippen molar-refractivity contribution >= 4 is 5.84 Å². The van der Waals surface area contributed by atoms with Crippen LogP contribution in [0, 0.1) is 32.4 Å². The van der Waals surface area contributed by atoms with Gasteiger partial charge in [0.25, 0.3) is 0 Å². The summed E-state index contributed by atoms with van der Waals surface area (Å²) in [6.07, 6.45) is 0. The highest BCUT2D eigenvalue weighted by molar-refractivity contribution is 5.97. The highest BCUT2D eigenvalue weighted by atomic mass is 19.1. The number of nitrogens with two attached hydrogens (primary N) is 1. The van der Waals surface area contributed by atoms with Crippen LogP contribution in [0.2, 0.25) is 0 Å². The number of aromatic nitrogens is 2. The number of amidine groups is 1. The Morgan fingerprint density at radius 1 is 1.25 bits per heavy atom. The zero-order chi connectivity index (χ0) is 15.0. The summed E-state index contributed by atoms with van der Waals surface area (Å²) in [5, 5.41) is 15.4. The van der Waals surface area contributed by atoms with Crippen molar-refractivity contribution < 1.29 is 14.0 Å². The summed E-state index contributed by atoms with van der Waals surface area (Å²) in [7, 11) is 0. The molecule has 1 heterocycles. The van der Waals surface area contributed by atoms with Crippen LogP contribution in [0.1, 0.15) is 22.5 Å². The van der Waals surface area contributed by atoms with E-state index in [2.05, 4.69) is 10.3 Å². The number of nitrogens with zero attached hydrogens (tertiary/aromatic N) is 3. The van der Waals surface area contributed by atoms with Gasteiger partial charge in [-0.15, -0.1) is 0 Å². The zero-order valence-electron chi connectivity index (χ0n) is 11.3. The first-order chi connectivity index (χ1) is 9.36. The van der Waals surface area contributed by atoms with Crippen molar-refractivity contribution in [2.75, 3.05) is 0 Å². The summed E-state index contributed by atoms with van der Waals surface area (Å²) in [4.78, 5) is 0. The predicted molar refractivity (Wildman–Crippen MR) is 70.2 cm³/mol. The van der Waals surface area contributed by atoms with E-state index in [4.69, 9.17) is 10.9 Å². The van der Waals surface area contributed by atoms with E-state index in [-0.39, 0.29) is 17.1 Å². The highest BCUT2D eigenvalue weighted by Crippen LogP contribution is 2.23. The van der Waals surface area contributed by atoms with Gasteiger partial charge >= 0.3 is 0 Å². The zero-order valence-corrected chi connectivity index (χ0v) is 11.3. The fourth-order valence-electron chi connectivity index (χ4n) is 1.91. The van der Waals surface area contributed by atoms with Gasteiger partial charge in [-0.25, -0.2) is 13.5 Å². The normalized spacial score (nSPS) is 11.9. The molecular formula is C13H14F2N4O.